The molecule has 6 rings (SSSR count). The molecule has 1 aliphatic carbocycles. The number of anilines is 2. The van der Waals surface area contributed by atoms with E-state index in [2.05, 4.69) is 36.8 Å². The van der Waals surface area contributed by atoms with Crippen LogP contribution in [-0.4, -0.2) is 73.9 Å². The van der Waals surface area contributed by atoms with E-state index < -0.39 is 0 Å². The number of rotatable bonds is 8. The summed E-state index contributed by atoms with van der Waals surface area (Å²) in [6.07, 6.45) is 12.2. The van der Waals surface area contributed by atoms with Crippen LogP contribution in [0, 0.1) is 6.92 Å². The second kappa shape index (κ2) is 10.8. The van der Waals surface area contributed by atoms with Gasteiger partial charge in [-0.2, -0.15) is 0 Å². The monoisotopic (exact) mass is 556 g/mol. The molecular weight excluding hydrogens is 524 g/mol. The molecule has 0 spiro atoms. The SMILES string of the molecule is Cc1cnc(NC(=O)c2ccc(-c3cn([C@@H]4CCN(C(=O)/C=C/CN(C)C5CC5)C4)c4ncnc(N)c34)cc2)s1. The number of nitrogens with two attached hydrogens (primary N) is 1. The van der Waals surface area contributed by atoms with Crippen molar-refractivity contribution in [2.45, 2.75) is 38.3 Å². The Kier molecular flexibility index (Phi) is 7.07. The first-order valence-corrected chi connectivity index (χ1v) is 14.3. The molecule has 3 N–H and O–H groups in total. The van der Waals surface area contributed by atoms with Crippen LogP contribution in [0.1, 0.15) is 40.5 Å². The largest absolute Gasteiger partial charge is 0.383 e. The summed E-state index contributed by atoms with van der Waals surface area (Å²) < 4.78 is 2.12. The van der Waals surface area contributed by atoms with Crippen molar-refractivity contribution in [1.29, 1.82) is 0 Å². The number of nitrogen functional groups attached to an aromatic ring is 1. The van der Waals surface area contributed by atoms with E-state index in [1.807, 2.05) is 36.2 Å². The van der Waals surface area contributed by atoms with Crippen molar-refractivity contribution in [3.8, 4) is 11.1 Å². The number of hydrogen-bond donors (Lipinski definition) is 2. The van der Waals surface area contributed by atoms with Gasteiger partial charge in [0.25, 0.3) is 5.91 Å². The van der Waals surface area contributed by atoms with E-state index in [-0.39, 0.29) is 17.9 Å². The normalized spacial score (nSPS) is 17.4. The molecule has 1 aliphatic heterocycles. The smallest absolute Gasteiger partial charge is 0.257 e. The topological polar surface area (TPSA) is 122 Å². The third kappa shape index (κ3) is 5.34. The van der Waals surface area contributed by atoms with E-state index in [0.717, 1.165) is 40.0 Å². The minimum absolute atomic E-state index is 0.0410. The molecule has 11 heteroatoms. The number of aromatic nitrogens is 4. The van der Waals surface area contributed by atoms with Crippen molar-refractivity contribution in [3.05, 3.63) is 65.6 Å². The summed E-state index contributed by atoms with van der Waals surface area (Å²) in [5.41, 5.74) is 9.41. The van der Waals surface area contributed by atoms with Gasteiger partial charge < -0.3 is 15.2 Å². The van der Waals surface area contributed by atoms with E-state index in [1.54, 1.807) is 24.4 Å². The zero-order valence-corrected chi connectivity index (χ0v) is 23.4. The highest BCUT2D eigenvalue weighted by Gasteiger charge is 2.29. The number of amides is 2. The Bertz CT molecular complexity index is 1590. The molecule has 1 saturated heterocycles. The molecule has 206 valence electrons. The number of carbonyl (C=O) groups excluding carboxylic acids is 2. The molecule has 2 fully saturated rings. The zero-order valence-electron chi connectivity index (χ0n) is 22.6. The summed E-state index contributed by atoms with van der Waals surface area (Å²) in [6, 6.07) is 8.13. The number of thiazole rings is 1. The second-order valence-electron chi connectivity index (χ2n) is 10.5. The molecule has 0 unspecified atom stereocenters. The number of benzene rings is 1. The van der Waals surface area contributed by atoms with Crippen LogP contribution in [0.3, 0.4) is 0 Å². The van der Waals surface area contributed by atoms with E-state index in [9.17, 15) is 9.59 Å². The molecular formula is C29H32N8O2S. The zero-order chi connectivity index (χ0) is 27.8. The number of likely N-dealkylation sites (tertiary alicyclic amines) is 1. The molecule has 2 aliphatic rings. The highest BCUT2D eigenvalue weighted by molar-refractivity contribution is 7.15. The fourth-order valence-electron chi connectivity index (χ4n) is 5.25. The van der Waals surface area contributed by atoms with Crippen molar-refractivity contribution in [2.24, 2.45) is 0 Å². The molecule has 4 heterocycles. The summed E-state index contributed by atoms with van der Waals surface area (Å²) in [5, 5.41) is 4.19. The van der Waals surface area contributed by atoms with Gasteiger partial charge in [-0.1, -0.05) is 18.2 Å². The fraction of sp³-hybridized carbons (Fsp3) is 0.345. The molecule has 0 bridgehead atoms. The number of nitrogens with one attached hydrogen (secondary N) is 1. The molecule has 10 nitrogen and oxygen atoms in total. The van der Waals surface area contributed by atoms with Gasteiger partial charge in [-0.3, -0.25) is 19.8 Å². The highest BCUT2D eigenvalue weighted by Crippen LogP contribution is 2.36. The average molecular weight is 557 g/mol. The van der Waals surface area contributed by atoms with Crippen molar-refractivity contribution in [3.63, 3.8) is 0 Å². The summed E-state index contributed by atoms with van der Waals surface area (Å²) >= 11 is 1.43. The molecule has 3 aromatic heterocycles. The van der Waals surface area contributed by atoms with Crippen LogP contribution < -0.4 is 11.1 Å². The minimum atomic E-state index is -0.213. The van der Waals surface area contributed by atoms with Gasteiger partial charge in [0.1, 0.15) is 17.8 Å². The molecule has 4 aromatic rings. The Morgan fingerprint density at radius 3 is 2.70 bits per heavy atom. The quantitative estimate of drug-likeness (QED) is 0.313. The van der Waals surface area contributed by atoms with Gasteiger partial charge in [-0.15, -0.1) is 11.3 Å². The molecule has 1 saturated carbocycles. The Balaban J connectivity index is 1.20. The van der Waals surface area contributed by atoms with Crippen LogP contribution in [-0.2, 0) is 4.79 Å². The predicted molar refractivity (Wildman–Crippen MR) is 157 cm³/mol. The van der Waals surface area contributed by atoms with Gasteiger partial charge in [0.05, 0.1) is 11.4 Å². The number of fused-ring (bicyclic) bond motifs is 1. The summed E-state index contributed by atoms with van der Waals surface area (Å²) in [5.74, 6) is 0.225. The lowest BCUT2D eigenvalue weighted by Crippen LogP contribution is -2.28. The Hall–Kier alpha value is -4.09. The molecule has 0 radical (unpaired) electrons. The maximum absolute atomic E-state index is 12.9. The van der Waals surface area contributed by atoms with Crippen molar-refractivity contribution < 1.29 is 9.59 Å². The van der Waals surface area contributed by atoms with Crippen LogP contribution in [0.25, 0.3) is 22.2 Å². The maximum atomic E-state index is 12.9. The third-order valence-electron chi connectivity index (χ3n) is 7.63. The predicted octanol–water partition coefficient (Wildman–Crippen LogP) is 4.12. The molecule has 2 amide bonds. The van der Waals surface area contributed by atoms with E-state index in [1.165, 1.54) is 30.5 Å². The van der Waals surface area contributed by atoms with Gasteiger partial charge in [0.15, 0.2) is 5.13 Å². The van der Waals surface area contributed by atoms with E-state index >= 15 is 0 Å². The van der Waals surface area contributed by atoms with Crippen molar-refractivity contribution in [2.75, 3.05) is 37.7 Å². The lowest BCUT2D eigenvalue weighted by atomic mass is 10.0. The first-order valence-electron chi connectivity index (χ1n) is 13.5. The molecule has 1 aromatic carbocycles. The standard InChI is InChI=1S/C29H32N8O2S/c1-18-14-31-29(40-18)34-28(39)20-7-5-19(6-8-20)23-16-37(27-25(23)26(30)32-17-33-27)22-11-13-36(15-22)24(38)4-3-12-35(2)21-9-10-21/h3-8,14,16-17,21-22H,9-13,15H2,1-2H3,(H2,30,32,33)(H,31,34,39)/b4-3+/t22-/m1/s1. The fourth-order valence-corrected chi connectivity index (χ4v) is 5.91. The first-order chi connectivity index (χ1) is 19.4. The Morgan fingerprint density at radius 2 is 1.98 bits per heavy atom. The van der Waals surface area contributed by atoms with Gasteiger partial charge in [0, 0.05) is 60.1 Å². The highest BCUT2D eigenvalue weighted by atomic mass is 32.1. The van der Waals surface area contributed by atoms with Crippen LogP contribution in [0.2, 0.25) is 0 Å². The summed E-state index contributed by atoms with van der Waals surface area (Å²) in [4.78, 5) is 43.8. The van der Waals surface area contributed by atoms with Crippen LogP contribution in [0.4, 0.5) is 10.9 Å². The Labute approximate surface area is 236 Å². The van der Waals surface area contributed by atoms with Crippen LogP contribution in [0.5, 0.6) is 0 Å². The summed E-state index contributed by atoms with van der Waals surface area (Å²) in [6.45, 7) is 4.02. The minimum Gasteiger partial charge on any atom is -0.383 e. The lowest BCUT2D eigenvalue weighted by molar-refractivity contribution is -0.125. The van der Waals surface area contributed by atoms with Crippen molar-refractivity contribution in [1.82, 2.24) is 29.3 Å². The number of nitrogens with zero attached hydrogens (tertiary/aromatic N) is 6. The first kappa shape index (κ1) is 26.1. The number of aryl methyl sites for hydroxylation is 1. The molecule has 40 heavy (non-hydrogen) atoms. The van der Waals surface area contributed by atoms with E-state index in [4.69, 9.17) is 5.73 Å². The third-order valence-corrected chi connectivity index (χ3v) is 8.46. The molecule has 1 atom stereocenters. The van der Waals surface area contributed by atoms with Gasteiger partial charge in [-0.05, 0) is 50.9 Å². The summed E-state index contributed by atoms with van der Waals surface area (Å²) in [7, 11) is 2.10. The van der Waals surface area contributed by atoms with E-state index in [0.29, 0.717) is 35.6 Å². The van der Waals surface area contributed by atoms with Crippen molar-refractivity contribution >= 4 is 45.1 Å². The van der Waals surface area contributed by atoms with Crippen LogP contribution >= 0.6 is 11.3 Å². The average Bonchev–Trinajstić information content (AvgIpc) is 3.34. The lowest BCUT2D eigenvalue weighted by Gasteiger charge is -2.16. The number of hydrogen-bond acceptors (Lipinski definition) is 8. The van der Waals surface area contributed by atoms with Gasteiger partial charge in [-0.25, -0.2) is 15.0 Å². The van der Waals surface area contributed by atoms with Crippen LogP contribution in [0.15, 0.2) is 55.1 Å². The van der Waals surface area contributed by atoms with Gasteiger partial charge >= 0.3 is 0 Å². The second-order valence-corrected chi connectivity index (χ2v) is 11.7. The van der Waals surface area contributed by atoms with Gasteiger partial charge in [0.2, 0.25) is 5.91 Å². The maximum Gasteiger partial charge on any atom is 0.257 e. The number of carbonyl (C=O) groups is 2. The Morgan fingerprint density at radius 1 is 1.18 bits per heavy atom. The number of likely N-dealkylation sites (N-methyl/N-ethyl adjacent to an activating group) is 1.